The number of imidazole rings is 2. The van der Waals surface area contributed by atoms with Crippen LogP contribution >= 0.6 is 0 Å². The molecule has 28 heavy (non-hydrogen) atoms. The van der Waals surface area contributed by atoms with E-state index in [1.807, 2.05) is 37.5 Å². The molecule has 7 nitrogen and oxygen atoms in total. The number of hydrogen-bond donors (Lipinski definition) is 2. The van der Waals surface area contributed by atoms with Crippen molar-refractivity contribution in [3.05, 3.63) is 60.0 Å². The molecule has 4 heterocycles. The van der Waals surface area contributed by atoms with Gasteiger partial charge in [-0.15, -0.1) is 0 Å². The van der Waals surface area contributed by atoms with E-state index in [4.69, 9.17) is 10.1 Å². The Bertz CT molecular complexity index is 1150. The van der Waals surface area contributed by atoms with E-state index in [2.05, 4.69) is 20.2 Å². The Labute approximate surface area is 161 Å². The molecule has 0 saturated heterocycles. The Kier molecular flexibility index (Phi) is 4.05. The summed E-state index contributed by atoms with van der Waals surface area (Å²) < 4.78 is 17.6. The number of fused-ring (bicyclic) bond motifs is 2. The fraction of sp³-hybridized carbons (Fsp3) is 0.250. The van der Waals surface area contributed by atoms with Crippen LogP contribution in [0.1, 0.15) is 17.9 Å². The van der Waals surface area contributed by atoms with Gasteiger partial charge in [-0.2, -0.15) is 5.10 Å². The molecule has 0 unspecified atom stereocenters. The third kappa shape index (κ3) is 2.82. The molecule has 0 spiro atoms. The number of rotatable bonds is 3. The quantitative estimate of drug-likeness (QED) is 0.734. The molecule has 142 valence electrons. The number of hydrogen-bond acceptors (Lipinski definition) is 5. The summed E-state index contributed by atoms with van der Waals surface area (Å²) in [6, 6.07) is 3.93. The van der Waals surface area contributed by atoms with Crippen molar-refractivity contribution in [3.8, 4) is 11.4 Å². The fourth-order valence-electron chi connectivity index (χ4n) is 3.66. The van der Waals surface area contributed by atoms with E-state index in [-0.39, 0.29) is 5.83 Å². The lowest BCUT2D eigenvalue weighted by Gasteiger charge is -2.17. The number of nitrogens with zero attached hydrogens (tertiary/aromatic N) is 5. The van der Waals surface area contributed by atoms with Gasteiger partial charge in [-0.1, -0.05) is 12.2 Å². The molecule has 0 atom stereocenters. The van der Waals surface area contributed by atoms with Gasteiger partial charge >= 0.3 is 0 Å². The highest BCUT2D eigenvalue weighted by molar-refractivity contribution is 5.78. The van der Waals surface area contributed by atoms with Gasteiger partial charge in [0.2, 0.25) is 0 Å². The Morgan fingerprint density at radius 2 is 2.14 bits per heavy atom. The summed E-state index contributed by atoms with van der Waals surface area (Å²) in [5.74, 6) is 1.49. The van der Waals surface area contributed by atoms with Crippen LogP contribution in [0.2, 0.25) is 0 Å². The zero-order valence-electron chi connectivity index (χ0n) is 15.5. The lowest BCUT2D eigenvalue weighted by molar-refractivity contribution is 0.508. The second kappa shape index (κ2) is 6.72. The maximum Gasteiger partial charge on any atom is 0.156 e. The predicted octanol–water partition coefficient (Wildman–Crippen LogP) is 2.93. The number of halogens is 1. The van der Waals surface area contributed by atoms with Gasteiger partial charge in [0.1, 0.15) is 23.2 Å². The predicted molar refractivity (Wildman–Crippen MR) is 106 cm³/mol. The second-order valence-corrected chi connectivity index (χ2v) is 6.80. The van der Waals surface area contributed by atoms with E-state index in [0.29, 0.717) is 13.0 Å². The van der Waals surface area contributed by atoms with E-state index < -0.39 is 0 Å². The molecule has 3 aromatic rings. The van der Waals surface area contributed by atoms with Crippen molar-refractivity contribution in [1.29, 1.82) is 0 Å². The third-order valence-electron chi connectivity index (χ3n) is 5.02. The molecule has 0 bridgehead atoms. The first-order valence-electron chi connectivity index (χ1n) is 9.31. The van der Waals surface area contributed by atoms with Crippen molar-refractivity contribution in [1.82, 2.24) is 29.5 Å². The first-order chi connectivity index (χ1) is 13.7. The summed E-state index contributed by atoms with van der Waals surface area (Å²) in [5, 5.41) is 11.2. The molecular weight excluding hydrogens is 357 g/mol. The van der Waals surface area contributed by atoms with Crippen molar-refractivity contribution in [2.45, 2.75) is 19.5 Å². The first-order valence-corrected chi connectivity index (χ1v) is 9.31. The monoisotopic (exact) mass is 377 g/mol. The highest BCUT2D eigenvalue weighted by atomic mass is 19.1. The van der Waals surface area contributed by atoms with E-state index in [0.717, 1.165) is 53.0 Å². The molecule has 1 aliphatic heterocycles. The van der Waals surface area contributed by atoms with Crippen LogP contribution in [0.5, 0.6) is 0 Å². The van der Waals surface area contributed by atoms with Gasteiger partial charge in [-0.25, -0.2) is 18.9 Å². The average molecular weight is 377 g/mol. The van der Waals surface area contributed by atoms with Gasteiger partial charge in [-0.05, 0) is 36.3 Å². The van der Waals surface area contributed by atoms with Gasteiger partial charge < -0.3 is 15.2 Å². The zero-order chi connectivity index (χ0) is 19.1. The van der Waals surface area contributed by atoms with Gasteiger partial charge in [0.05, 0.1) is 24.1 Å². The first kappa shape index (κ1) is 16.9. The maximum absolute atomic E-state index is 13.7. The number of aromatic nitrogens is 5. The summed E-state index contributed by atoms with van der Waals surface area (Å²) in [4.78, 5) is 9.35. The molecule has 0 radical (unpaired) electrons. The highest BCUT2D eigenvalue weighted by Gasteiger charge is 2.24. The molecular formula is C20H20FN7. The highest BCUT2D eigenvalue weighted by Crippen LogP contribution is 2.33. The Morgan fingerprint density at radius 1 is 1.21 bits per heavy atom. The molecule has 0 fully saturated rings. The maximum atomic E-state index is 13.7. The van der Waals surface area contributed by atoms with Gasteiger partial charge in [-0.3, -0.25) is 0 Å². The van der Waals surface area contributed by atoms with Crippen molar-refractivity contribution in [2.75, 3.05) is 18.9 Å². The van der Waals surface area contributed by atoms with E-state index in [1.165, 1.54) is 12.2 Å². The largest absolute Gasteiger partial charge is 0.372 e. The normalized spacial score (nSPS) is 16.5. The van der Waals surface area contributed by atoms with Crippen LogP contribution in [-0.4, -0.2) is 37.7 Å². The second-order valence-electron chi connectivity index (χ2n) is 6.80. The minimum absolute atomic E-state index is 0.250. The Hall–Kier alpha value is -3.26. The lowest BCUT2D eigenvalue weighted by atomic mass is 10.1. The molecule has 0 amide bonds. The van der Waals surface area contributed by atoms with Gasteiger partial charge in [0.25, 0.3) is 0 Å². The molecule has 0 saturated carbocycles. The van der Waals surface area contributed by atoms with Crippen molar-refractivity contribution < 1.29 is 4.39 Å². The summed E-state index contributed by atoms with van der Waals surface area (Å²) in [7, 11) is 1.83. The summed E-state index contributed by atoms with van der Waals surface area (Å²) in [6.07, 6.45) is 9.12. The van der Waals surface area contributed by atoms with Gasteiger partial charge in [0.15, 0.2) is 5.65 Å². The minimum atomic E-state index is -0.250. The summed E-state index contributed by atoms with van der Waals surface area (Å²) >= 11 is 0. The molecule has 0 aromatic carbocycles. The standard InChI is InChI=1S/C20H20FN7/c1-22-16-12-28-17(24-16)8-7-15(26-28)20-19(13-3-2-4-14(21)6-5-13)25-18-11-23-9-10-27(18)20/h2,4-8,12,22-23H,3,9-11H2,1H3. The Balaban J connectivity index is 1.70. The van der Waals surface area contributed by atoms with Crippen LogP contribution in [-0.2, 0) is 13.1 Å². The molecule has 1 aliphatic carbocycles. The molecule has 2 N–H and O–H groups in total. The van der Waals surface area contributed by atoms with Crippen molar-refractivity contribution in [3.63, 3.8) is 0 Å². The minimum Gasteiger partial charge on any atom is -0.372 e. The molecule has 5 rings (SSSR count). The van der Waals surface area contributed by atoms with Crippen molar-refractivity contribution >= 4 is 17.0 Å². The lowest BCUT2D eigenvalue weighted by Crippen LogP contribution is -2.28. The van der Waals surface area contributed by atoms with Crippen LogP contribution in [0, 0.1) is 0 Å². The van der Waals surface area contributed by atoms with Crippen LogP contribution in [0.3, 0.4) is 0 Å². The molecule has 8 heteroatoms. The SMILES string of the molecule is CNc1cn2nc(-c3c(C4=CC=C(F)C=CC4)nc4n3CCNC4)ccc2n1. The van der Waals surface area contributed by atoms with Crippen LogP contribution in [0.25, 0.3) is 22.6 Å². The Morgan fingerprint density at radius 3 is 3.04 bits per heavy atom. The van der Waals surface area contributed by atoms with Crippen LogP contribution < -0.4 is 10.6 Å². The third-order valence-corrected chi connectivity index (χ3v) is 5.02. The van der Waals surface area contributed by atoms with Crippen LogP contribution in [0.4, 0.5) is 10.2 Å². The molecule has 3 aromatic heterocycles. The average Bonchev–Trinajstić information content (AvgIpc) is 3.23. The number of nitrogens with one attached hydrogen (secondary N) is 2. The van der Waals surface area contributed by atoms with E-state index in [1.54, 1.807) is 4.52 Å². The molecule has 2 aliphatic rings. The van der Waals surface area contributed by atoms with E-state index in [9.17, 15) is 4.39 Å². The summed E-state index contributed by atoms with van der Waals surface area (Å²) in [5.41, 5.74) is 4.39. The number of allylic oxidation sites excluding steroid dienone is 6. The van der Waals surface area contributed by atoms with Crippen molar-refractivity contribution in [2.24, 2.45) is 0 Å². The zero-order valence-corrected chi connectivity index (χ0v) is 15.5. The number of anilines is 1. The van der Waals surface area contributed by atoms with E-state index >= 15 is 0 Å². The smallest absolute Gasteiger partial charge is 0.156 e. The fourth-order valence-corrected chi connectivity index (χ4v) is 3.66. The summed E-state index contributed by atoms with van der Waals surface area (Å²) in [6.45, 7) is 2.40. The van der Waals surface area contributed by atoms with Gasteiger partial charge in [0, 0.05) is 20.1 Å². The topological polar surface area (TPSA) is 72.1 Å². The van der Waals surface area contributed by atoms with Crippen LogP contribution in [0.15, 0.2) is 48.5 Å².